The maximum Gasteiger partial charge on any atom is 0.0451 e. The van der Waals surface area contributed by atoms with Gasteiger partial charge in [0.2, 0.25) is 0 Å². The van der Waals surface area contributed by atoms with E-state index in [2.05, 4.69) is 44.0 Å². The summed E-state index contributed by atoms with van der Waals surface area (Å²) in [6.07, 6.45) is 4.74. The number of rotatable bonds is 3. The molecule has 2 aromatic rings. The molecule has 0 amide bonds. The van der Waals surface area contributed by atoms with Crippen molar-refractivity contribution in [3.8, 4) is 0 Å². The summed E-state index contributed by atoms with van der Waals surface area (Å²) < 4.78 is 0. The Hall–Kier alpha value is -1.41. The number of hydrogen-bond acceptors (Lipinski definition) is 2. The van der Waals surface area contributed by atoms with Crippen LogP contribution in [-0.2, 0) is 5.54 Å². The number of nitrogens with two attached hydrogens (primary N) is 1. The van der Waals surface area contributed by atoms with E-state index in [1.54, 1.807) is 0 Å². The van der Waals surface area contributed by atoms with Crippen LogP contribution in [0.4, 0.5) is 0 Å². The van der Waals surface area contributed by atoms with Crippen molar-refractivity contribution in [2.75, 3.05) is 0 Å². The van der Waals surface area contributed by atoms with Crippen LogP contribution >= 0.6 is 0 Å². The van der Waals surface area contributed by atoms with Gasteiger partial charge in [-0.05, 0) is 23.3 Å². The highest BCUT2D eigenvalue weighted by Gasteiger charge is 2.30. The quantitative estimate of drug-likeness (QED) is 0.873. The van der Waals surface area contributed by atoms with Crippen LogP contribution in [0.3, 0.4) is 0 Å². The summed E-state index contributed by atoms with van der Waals surface area (Å²) in [6, 6.07) is 8.31. The minimum Gasteiger partial charge on any atom is -0.321 e. The number of pyridine rings is 1. The van der Waals surface area contributed by atoms with Crippen molar-refractivity contribution >= 4 is 10.8 Å². The summed E-state index contributed by atoms with van der Waals surface area (Å²) >= 11 is 0. The van der Waals surface area contributed by atoms with E-state index in [4.69, 9.17) is 5.73 Å². The summed E-state index contributed by atoms with van der Waals surface area (Å²) in [5.74, 6) is 0.389. The molecular weight excluding hydrogens is 208 g/mol. The smallest absolute Gasteiger partial charge is 0.0451 e. The highest BCUT2D eigenvalue weighted by Crippen LogP contribution is 2.34. The number of aromatic nitrogens is 1. The minimum atomic E-state index is -0.298. The van der Waals surface area contributed by atoms with Gasteiger partial charge in [-0.2, -0.15) is 0 Å². The monoisotopic (exact) mass is 228 g/mol. The zero-order valence-electron chi connectivity index (χ0n) is 10.8. The molecule has 17 heavy (non-hydrogen) atoms. The van der Waals surface area contributed by atoms with Gasteiger partial charge >= 0.3 is 0 Å². The van der Waals surface area contributed by atoms with Gasteiger partial charge in [0.15, 0.2) is 0 Å². The fourth-order valence-corrected chi connectivity index (χ4v) is 2.40. The molecule has 90 valence electrons. The van der Waals surface area contributed by atoms with E-state index in [-0.39, 0.29) is 5.54 Å². The van der Waals surface area contributed by atoms with Crippen molar-refractivity contribution in [3.05, 3.63) is 42.2 Å². The third kappa shape index (κ3) is 1.93. The first-order valence-corrected chi connectivity index (χ1v) is 6.21. The first kappa shape index (κ1) is 12.1. The zero-order valence-corrected chi connectivity index (χ0v) is 10.8. The fourth-order valence-electron chi connectivity index (χ4n) is 2.40. The third-order valence-electron chi connectivity index (χ3n) is 3.78. The first-order chi connectivity index (χ1) is 8.09. The molecule has 0 saturated carbocycles. The Kier molecular flexibility index (Phi) is 3.16. The van der Waals surface area contributed by atoms with Gasteiger partial charge in [0.1, 0.15) is 0 Å². The predicted molar refractivity (Wildman–Crippen MR) is 72.7 cm³/mol. The van der Waals surface area contributed by atoms with E-state index >= 15 is 0 Å². The second-order valence-corrected chi connectivity index (χ2v) is 4.96. The first-order valence-electron chi connectivity index (χ1n) is 6.21. The van der Waals surface area contributed by atoms with Crippen molar-refractivity contribution in [3.63, 3.8) is 0 Å². The molecule has 0 aliphatic rings. The van der Waals surface area contributed by atoms with Crippen molar-refractivity contribution in [1.29, 1.82) is 0 Å². The maximum absolute atomic E-state index is 6.59. The average molecular weight is 228 g/mol. The lowest BCUT2D eigenvalue weighted by atomic mass is 9.78. The van der Waals surface area contributed by atoms with E-state index in [1.807, 2.05) is 18.5 Å². The Morgan fingerprint density at radius 2 is 1.94 bits per heavy atom. The molecule has 0 spiro atoms. The summed E-state index contributed by atoms with van der Waals surface area (Å²) in [5.41, 5.74) is 7.45. The Labute approximate surface area is 103 Å². The standard InChI is InChI=1S/C15H20N2/c1-4-15(16,11(2)3)14-10-17-9-12-7-5-6-8-13(12)14/h5-11H,4,16H2,1-3H3. The summed E-state index contributed by atoms with van der Waals surface area (Å²) in [7, 11) is 0. The van der Waals surface area contributed by atoms with Crippen LogP contribution in [0, 0.1) is 5.92 Å². The maximum atomic E-state index is 6.59. The van der Waals surface area contributed by atoms with Crippen LogP contribution < -0.4 is 5.73 Å². The van der Waals surface area contributed by atoms with Crippen molar-refractivity contribution < 1.29 is 0 Å². The van der Waals surface area contributed by atoms with Crippen molar-refractivity contribution in [2.45, 2.75) is 32.7 Å². The topological polar surface area (TPSA) is 38.9 Å². The molecule has 1 heterocycles. The number of fused-ring (bicyclic) bond motifs is 1. The van der Waals surface area contributed by atoms with E-state index in [0.29, 0.717) is 5.92 Å². The van der Waals surface area contributed by atoms with Crippen LogP contribution in [0.5, 0.6) is 0 Å². The van der Waals surface area contributed by atoms with Gasteiger partial charge < -0.3 is 5.73 Å². The van der Waals surface area contributed by atoms with Crippen LogP contribution in [0.2, 0.25) is 0 Å². The molecule has 2 heteroatoms. The molecule has 0 radical (unpaired) electrons. The highest BCUT2D eigenvalue weighted by atomic mass is 14.8. The van der Waals surface area contributed by atoms with E-state index in [9.17, 15) is 0 Å². The number of hydrogen-bond donors (Lipinski definition) is 1. The lowest BCUT2D eigenvalue weighted by Gasteiger charge is -2.33. The molecule has 0 bridgehead atoms. The summed E-state index contributed by atoms with van der Waals surface area (Å²) in [5, 5.41) is 2.38. The summed E-state index contributed by atoms with van der Waals surface area (Å²) in [6.45, 7) is 6.48. The molecule has 1 atom stereocenters. The molecular formula is C15H20N2. The lowest BCUT2D eigenvalue weighted by molar-refractivity contribution is 0.308. The molecule has 2 rings (SSSR count). The number of benzene rings is 1. The predicted octanol–water partition coefficient (Wildman–Crippen LogP) is 3.45. The molecule has 0 fully saturated rings. The lowest BCUT2D eigenvalue weighted by Crippen LogP contribution is -2.41. The SMILES string of the molecule is CCC(N)(c1cncc2ccccc12)C(C)C. The molecule has 1 aromatic heterocycles. The molecule has 1 aromatic carbocycles. The minimum absolute atomic E-state index is 0.298. The average Bonchev–Trinajstić information content (AvgIpc) is 2.37. The van der Waals surface area contributed by atoms with E-state index in [0.717, 1.165) is 17.4 Å². The van der Waals surface area contributed by atoms with Gasteiger partial charge in [-0.25, -0.2) is 0 Å². The highest BCUT2D eigenvalue weighted by molar-refractivity contribution is 5.85. The zero-order chi connectivity index (χ0) is 12.5. The Morgan fingerprint density at radius 3 is 2.59 bits per heavy atom. The fraction of sp³-hybridized carbons (Fsp3) is 0.400. The van der Waals surface area contributed by atoms with Crippen molar-refractivity contribution in [1.82, 2.24) is 4.98 Å². The molecule has 0 saturated heterocycles. The normalized spacial score (nSPS) is 15.1. The van der Waals surface area contributed by atoms with E-state index < -0.39 is 0 Å². The Balaban J connectivity index is 2.70. The van der Waals surface area contributed by atoms with Gasteiger partial charge in [0.05, 0.1) is 0 Å². The number of nitrogens with zero attached hydrogens (tertiary/aromatic N) is 1. The van der Waals surface area contributed by atoms with Gasteiger partial charge in [-0.15, -0.1) is 0 Å². The van der Waals surface area contributed by atoms with Gasteiger partial charge in [-0.3, -0.25) is 4.98 Å². The Morgan fingerprint density at radius 1 is 1.24 bits per heavy atom. The molecule has 1 unspecified atom stereocenters. The van der Waals surface area contributed by atoms with Crippen LogP contribution in [0.1, 0.15) is 32.8 Å². The largest absolute Gasteiger partial charge is 0.321 e. The van der Waals surface area contributed by atoms with Gasteiger partial charge in [0, 0.05) is 23.3 Å². The van der Waals surface area contributed by atoms with Crippen LogP contribution in [0.15, 0.2) is 36.7 Å². The second-order valence-electron chi connectivity index (χ2n) is 4.96. The van der Waals surface area contributed by atoms with Crippen molar-refractivity contribution in [2.24, 2.45) is 11.7 Å². The van der Waals surface area contributed by atoms with Gasteiger partial charge in [0.25, 0.3) is 0 Å². The van der Waals surface area contributed by atoms with Crippen LogP contribution in [-0.4, -0.2) is 4.98 Å². The molecule has 2 nitrogen and oxygen atoms in total. The van der Waals surface area contributed by atoms with Gasteiger partial charge in [-0.1, -0.05) is 45.0 Å². The summed E-state index contributed by atoms with van der Waals surface area (Å²) in [4.78, 5) is 4.33. The third-order valence-corrected chi connectivity index (χ3v) is 3.78. The van der Waals surface area contributed by atoms with E-state index in [1.165, 1.54) is 5.39 Å². The molecule has 2 N–H and O–H groups in total. The molecule has 0 aliphatic carbocycles. The second kappa shape index (κ2) is 4.46. The molecule has 0 aliphatic heterocycles. The van der Waals surface area contributed by atoms with Crippen LogP contribution in [0.25, 0.3) is 10.8 Å². The Bertz CT molecular complexity index is 514.